The lowest BCUT2D eigenvalue weighted by molar-refractivity contribution is -0.129. The molecular weight excluding hydrogens is 456 g/mol. The van der Waals surface area contributed by atoms with Crippen LogP contribution in [0.25, 0.3) is 6.08 Å². The second-order valence-electron chi connectivity index (χ2n) is 8.70. The van der Waals surface area contributed by atoms with Crippen molar-refractivity contribution in [3.05, 3.63) is 52.7 Å². The van der Waals surface area contributed by atoms with Crippen molar-refractivity contribution in [2.45, 2.75) is 50.7 Å². The van der Waals surface area contributed by atoms with Crippen LogP contribution in [-0.4, -0.2) is 65.0 Å². The highest BCUT2D eigenvalue weighted by atomic mass is 32.2. The second-order valence-corrected chi connectivity index (χ2v) is 11.5. The van der Waals surface area contributed by atoms with Gasteiger partial charge in [0.2, 0.25) is 15.9 Å². The molecule has 33 heavy (non-hydrogen) atoms. The molecule has 1 saturated carbocycles. The summed E-state index contributed by atoms with van der Waals surface area (Å²) in [5, 5.41) is 2.18. The largest absolute Gasteiger partial charge is 0.339 e. The number of carbonyl (C=O) groups is 1. The number of amides is 1. The Morgan fingerprint density at radius 1 is 1.09 bits per heavy atom. The van der Waals surface area contributed by atoms with Crippen LogP contribution in [0.4, 0.5) is 0 Å². The van der Waals surface area contributed by atoms with E-state index in [1.165, 1.54) is 52.9 Å². The van der Waals surface area contributed by atoms with Crippen molar-refractivity contribution in [3.8, 4) is 0 Å². The molecule has 7 nitrogen and oxygen atoms in total. The lowest BCUT2D eigenvalue weighted by Gasteiger charge is -2.33. The fourth-order valence-corrected chi connectivity index (χ4v) is 6.75. The molecule has 1 aromatic heterocycles. The Morgan fingerprint density at radius 2 is 1.76 bits per heavy atom. The molecule has 0 bridgehead atoms. The number of aromatic nitrogens is 2. The fraction of sp³-hybridized carbons (Fsp3) is 0.500. The van der Waals surface area contributed by atoms with E-state index in [2.05, 4.69) is 11.5 Å². The zero-order valence-corrected chi connectivity index (χ0v) is 20.9. The number of aryl methyl sites for hydroxylation is 1. The average Bonchev–Trinajstić information content (AvgIpc) is 3.45. The Labute approximate surface area is 200 Å². The summed E-state index contributed by atoms with van der Waals surface area (Å²) in [6, 6.07) is 9.85. The summed E-state index contributed by atoms with van der Waals surface area (Å²) < 4.78 is 29.1. The number of nitrogens with zero attached hydrogens (tertiary/aromatic N) is 4. The average molecular weight is 489 g/mol. The van der Waals surface area contributed by atoms with Crippen LogP contribution in [0.15, 0.2) is 40.9 Å². The molecule has 0 atom stereocenters. The first-order valence-electron chi connectivity index (χ1n) is 11.5. The minimum absolute atomic E-state index is 0.0353. The summed E-state index contributed by atoms with van der Waals surface area (Å²) in [7, 11) is -3.51. The molecule has 1 saturated heterocycles. The summed E-state index contributed by atoms with van der Waals surface area (Å²) in [6.45, 7) is 5.58. The van der Waals surface area contributed by atoms with Gasteiger partial charge in [-0.25, -0.2) is 13.4 Å². The van der Waals surface area contributed by atoms with Gasteiger partial charge in [-0.2, -0.15) is 4.31 Å². The van der Waals surface area contributed by atoms with Gasteiger partial charge < -0.3 is 9.47 Å². The van der Waals surface area contributed by atoms with Gasteiger partial charge in [0.05, 0.1) is 11.4 Å². The van der Waals surface area contributed by atoms with Gasteiger partial charge in [0.1, 0.15) is 0 Å². The number of sulfonamides is 1. The first-order valence-corrected chi connectivity index (χ1v) is 14.0. The lowest BCUT2D eigenvalue weighted by Crippen LogP contribution is -2.50. The standard InChI is InChI=1S/C24H32N4O3S2/c1-19-20(2)28(22-10-6-7-11-22)24(25-19)32-18-23(29)26-13-15-27(16-14-26)33(30,31)17-12-21-8-4-3-5-9-21/h3-5,8-9,12,17,22H,6-7,10-11,13-16,18H2,1-2H3/b17-12+. The Bertz CT molecular complexity index is 1100. The highest BCUT2D eigenvalue weighted by Crippen LogP contribution is 2.35. The zero-order valence-electron chi connectivity index (χ0n) is 19.3. The molecule has 0 N–H and O–H groups in total. The van der Waals surface area contributed by atoms with E-state index in [0.29, 0.717) is 38.0 Å². The van der Waals surface area contributed by atoms with Crippen LogP contribution in [0.2, 0.25) is 0 Å². The zero-order chi connectivity index (χ0) is 23.4. The third-order valence-electron chi connectivity index (χ3n) is 6.55. The third kappa shape index (κ3) is 5.70. The number of rotatable bonds is 7. The molecule has 4 rings (SSSR count). The van der Waals surface area contributed by atoms with Gasteiger partial charge in [0.15, 0.2) is 5.16 Å². The van der Waals surface area contributed by atoms with Gasteiger partial charge in [-0.3, -0.25) is 4.79 Å². The van der Waals surface area contributed by atoms with Crippen molar-refractivity contribution in [2.75, 3.05) is 31.9 Å². The normalized spacial score (nSPS) is 18.4. The van der Waals surface area contributed by atoms with Gasteiger partial charge in [0.25, 0.3) is 0 Å². The molecule has 2 aromatic rings. The monoisotopic (exact) mass is 488 g/mol. The van der Waals surface area contributed by atoms with Crippen molar-refractivity contribution < 1.29 is 13.2 Å². The Balaban J connectivity index is 1.31. The van der Waals surface area contributed by atoms with Gasteiger partial charge in [-0.05, 0) is 38.3 Å². The van der Waals surface area contributed by atoms with E-state index < -0.39 is 10.0 Å². The topological polar surface area (TPSA) is 75.5 Å². The first kappa shape index (κ1) is 24.0. The van der Waals surface area contributed by atoms with E-state index in [4.69, 9.17) is 4.98 Å². The van der Waals surface area contributed by atoms with Gasteiger partial charge in [0, 0.05) is 43.3 Å². The molecule has 0 spiro atoms. The van der Waals surface area contributed by atoms with Gasteiger partial charge in [-0.15, -0.1) is 0 Å². The molecule has 2 aliphatic rings. The predicted molar refractivity (Wildman–Crippen MR) is 132 cm³/mol. The maximum Gasteiger partial charge on any atom is 0.236 e. The smallest absolute Gasteiger partial charge is 0.236 e. The summed E-state index contributed by atoms with van der Waals surface area (Å²) in [5.41, 5.74) is 3.06. The number of imidazole rings is 1. The Kier molecular flexibility index (Phi) is 7.61. The Morgan fingerprint density at radius 3 is 2.42 bits per heavy atom. The molecule has 178 valence electrons. The SMILES string of the molecule is Cc1nc(SCC(=O)N2CCN(S(=O)(=O)/C=C/c3ccccc3)CC2)n(C2CCCC2)c1C. The molecule has 1 aromatic carbocycles. The molecule has 2 heterocycles. The summed E-state index contributed by atoms with van der Waals surface area (Å²) in [6.07, 6.45) is 6.46. The van der Waals surface area contributed by atoms with Crippen LogP contribution in [-0.2, 0) is 14.8 Å². The van der Waals surface area contributed by atoms with E-state index >= 15 is 0 Å². The molecule has 2 fully saturated rings. The lowest BCUT2D eigenvalue weighted by atomic mass is 10.2. The number of piperazine rings is 1. The van der Waals surface area contributed by atoms with Crippen molar-refractivity contribution in [3.63, 3.8) is 0 Å². The first-order chi connectivity index (χ1) is 15.8. The highest BCUT2D eigenvalue weighted by Gasteiger charge is 2.28. The van der Waals surface area contributed by atoms with E-state index in [1.807, 2.05) is 37.3 Å². The molecule has 9 heteroatoms. The number of hydrogen-bond acceptors (Lipinski definition) is 5. The van der Waals surface area contributed by atoms with E-state index in [0.717, 1.165) is 16.4 Å². The van der Waals surface area contributed by atoms with Crippen molar-refractivity contribution in [1.29, 1.82) is 0 Å². The van der Waals surface area contributed by atoms with Crippen LogP contribution in [0, 0.1) is 13.8 Å². The summed E-state index contributed by atoms with van der Waals surface area (Å²) in [4.78, 5) is 19.3. The summed E-state index contributed by atoms with van der Waals surface area (Å²) in [5.74, 6) is 0.358. The predicted octanol–water partition coefficient (Wildman–Crippen LogP) is 3.85. The van der Waals surface area contributed by atoms with Gasteiger partial charge in [-0.1, -0.05) is 54.9 Å². The van der Waals surface area contributed by atoms with Crippen LogP contribution in [0.5, 0.6) is 0 Å². The van der Waals surface area contributed by atoms with E-state index in [9.17, 15) is 13.2 Å². The van der Waals surface area contributed by atoms with E-state index in [1.54, 1.807) is 11.0 Å². The molecule has 1 amide bonds. The van der Waals surface area contributed by atoms with Crippen molar-refractivity contribution in [2.24, 2.45) is 0 Å². The summed E-state index contributed by atoms with van der Waals surface area (Å²) >= 11 is 1.50. The van der Waals surface area contributed by atoms with E-state index in [-0.39, 0.29) is 5.91 Å². The van der Waals surface area contributed by atoms with Crippen LogP contribution in [0.1, 0.15) is 48.7 Å². The maximum absolute atomic E-state index is 12.8. The number of benzene rings is 1. The fourth-order valence-electron chi connectivity index (χ4n) is 4.51. The van der Waals surface area contributed by atoms with Crippen molar-refractivity contribution in [1.82, 2.24) is 18.8 Å². The molecule has 1 aliphatic heterocycles. The molecule has 1 aliphatic carbocycles. The molecular formula is C24H32N4O3S2. The minimum Gasteiger partial charge on any atom is -0.339 e. The van der Waals surface area contributed by atoms with Crippen LogP contribution < -0.4 is 0 Å². The minimum atomic E-state index is -3.51. The molecule has 0 unspecified atom stereocenters. The number of carbonyl (C=O) groups excluding carboxylic acids is 1. The highest BCUT2D eigenvalue weighted by molar-refractivity contribution is 7.99. The van der Waals surface area contributed by atoms with Crippen LogP contribution >= 0.6 is 11.8 Å². The van der Waals surface area contributed by atoms with Gasteiger partial charge >= 0.3 is 0 Å². The number of thioether (sulfide) groups is 1. The van der Waals surface area contributed by atoms with Crippen LogP contribution in [0.3, 0.4) is 0 Å². The van der Waals surface area contributed by atoms with Crippen molar-refractivity contribution >= 4 is 33.8 Å². The number of hydrogen-bond donors (Lipinski definition) is 0. The maximum atomic E-state index is 12.8. The second kappa shape index (κ2) is 10.4. The third-order valence-corrected chi connectivity index (χ3v) is 9.05. The Hall–Kier alpha value is -2.10. The molecule has 0 radical (unpaired) electrons. The quantitative estimate of drug-likeness (QED) is 0.554.